The minimum absolute atomic E-state index is 0.565. The summed E-state index contributed by atoms with van der Waals surface area (Å²) < 4.78 is 0. The van der Waals surface area contributed by atoms with Crippen LogP contribution in [0.25, 0.3) is 0 Å². The SMILES string of the molecule is C=C(C)CC1CCC2C(C)(C)CCCC2(C)C1C. The Morgan fingerprint density at radius 1 is 1.17 bits per heavy atom. The zero-order valence-electron chi connectivity index (χ0n) is 13.2. The molecule has 4 unspecified atom stereocenters. The summed E-state index contributed by atoms with van der Waals surface area (Å²) in [7, 11) is 0. The monoisotopic (exact) mass is 248 g/mol. The fraction of sp³-hybridized carbons (Fsp3) is 0.889. The van der Waals surface area contributed by atoms with Crippen LogP contribution in [0, 0.1) is 28.6 Å². The Balaban J connectivity index is 2.21. The van der Waals surface area contributed by atoms with Crippen LogP contribution >= 0.6 is 0 Å². The van der Waals surface area contributed by atoms with E-state index in [9.17, 15) is 0 Å². The molecule has 2 aliphatic carbocycles. The second-order valence-electron chi connectivity index (χ2n) is 8.19. The first-order valence-electron chi connectivity index (χ1n) is 7.92. The van der Waals surface area contributed by atoms with E-state index in [4.69, 9.17) is 0 Å². The van der Waals surface area contributed by atoms with E-state index in [1.54, 1.807) is 0 Å². The Kier molecular flexibility index (Phi) is 3.69. The average Bonchev–Trinajstić information content (AvgIpc) is 2.23. The summed E-state index contributed by atoms with van der Waals surface area (Å²) in [6.45, 7) is 16.5. The van der Waals surface area contributed by atoms with E-state index in [1.165, 1.54) is 44.1 Å². The van der Waals surface area contributed by atoms with Gasteiger partial charge in [-0.1, -0.05) is 39.7 Å². The maximum absolute atomic E-state index is 4.14. The summed E-state index contributed by atoms with van der Waals surface area (Å²) in [5.74, 6) is 2.69. The molecule has 0 heteroatoms. The van der Waals surface area contributed by atoms with Gasteiger partial charge < -0.3 is 0 Å². The van der Waals surface area contributed by atoms with Crippen LogP contribution in [0.3, 0.4) is 0 Å². The number of allylic oxidation sites excluding steroid dienone is 1. The molecular formula is C18H32. The zero-order chi connectivity index (χ0) is 13.6. The van der Waals surface area contributed by atoms with Crippen molar-refractivity contribution < 1.29 is 0 Å². The molecule has 0 aromatic heterocycles. The summed E-state index contributed by atoms with van der Waals surface area (Å²) >= 11 is 0. The van der Waals surface area contributed by atoms with Crippen LogP contribution in [0.15, 0.2) is 12.2 Å². The van der Waals surface area contributed by atoms with E-state index in [1.807, 2.05) is 0 Å². The van der Waals surface area contributed by atoms with Gasteiger partial charge in [-0.05, 0) is 67.6 Å². The average molecular weight is 248 g/mol. The third-order valence-corrected chi connectivity index (χ3v) is 6.46. The van der Waals surface area contributed by atoms with Gasteiger partial charge in [0.05, 0.1) is 0 Å². The van der Waals surface area contributed by atoms with Gasteiger partial charge in [0.1, 0.15) is 0 Å². The zero-order valence-corrected chi connectivity index (χ0v) is 13.2. The van der Waals surface area contributed by atoms with E-state index in [2.05, 4.69) is 41.2 Å². The third kappa shape index (κ3) is 2.28. The third-order valence-electron chi connectivity index (χ3n) is 6.46. The van der Waals surface area contributed by atoms with E-state index < -0.39 is 0 Å². The predicted molar refractivity (Wildman–Crippen MR) is 80.5 cm³/mol. The van der Waals surface area contributed by atoms with Gasteiger partial charge in [0.15, 0.2) is 0 Å². The topological polar surface area (TPSA) is 0 Å². The minimum atomic E-state index is 0.565. The number of hydrogen-bond donors (Lipinski definition) is 0. The molecule has 4 atom stereocenters. The van der Waals surface area contributed by atoms with Crippen LogP contribution in [0.2, 0.25) is 0 Å². The highest BCUT2D eigenvalue weighted by atomic mass is 14.6. The lowest BCUT2D eigenvalue weighted by atomic mass is 9.46. The number of rotatable bonds is 2. The van der Waals surface area contributed by atoms with Crippen molar-refractivity contribution >= 4 is 0 Å². The summed E-state index contributed by atoms with van der Waals surface area (Å²) in [5, 5.41) is 0. The van der Waals surface area contributed by atoms with Crippen LogP contribution in [-0.4, -0.2) is 0 Å². The molecule has 0 bridgehead atoms. The molecule has 2 fully saturated rings. The van der Waals surface area contributed by atoms with Gasteiger partial charge >= 0.3 is 0 Å². The van der Waals surface area contributed by atoms with Gasteiger partial charge in [-0.15, -0.1) is 6.58 Å². The van der Waals surface area contributed by atoms with Crippen molar-refractivity contribution in [3.8, 4) is 0 Å². The molecular weight excluding hydrogens is 216 g/mol. The molecule has 0 nitrogen and oxygen atoms in total. The summed E-state index contributed by atoms with van der Waals surface area (Å²) in [5.41, 5.74) is 2.53. The van der Waals surface area contributed by atoms with E-state index in [0.29, 0.717) is 10.8 Å². The van der Waals surface area contributed by atoms with E-state index >= 15 is 0 Å². The highest BCUT2D eigenvalue weighted by Crippen LogP contribution is 2.61. The molecule has 0 radical (unpaired) electrons. The standard InChI is InChI=1S/C18H32/c1-13(2)12-15-8-9-16-17(4,5)10-7-11-18(16,6)14(15)3/h14-16H,1,7-12H2,2-6H3. The summed E-state index contributed by atoms with van der Waals surface area (Å²) in [6.07, 6.45) is 8.46. The molecule has 0 aromatic rings. The lowest BCUT2D eigenvalue weighted by molar-refractivity contribution is -0.0900. The first-order chi connectivity index (χ1) is 8.27. The van der Waals surface area contributed by atoms with Crippen molar-refractivity contribution in [2.75, 3.05) is 0 Å². The second-order valence-corrected chi connectivity index (χ2v) is 8.19. The van der Waals surface area contributed by atoms with Gasteiger partial charge in [-0.2, -0.15) is 0 Å². The fourth-order valence-electron chi connectivity index (χ4n) is 5.33. The van der Waals surface area contributed by atoms with Crippen LogP contribution in [-0.2, 0) is 0 Å². The van der Waals surface area contributed by atoms with Gasteiger partial charge in [0.25, 0.3) is 0 Å². The van der Waals surface area contributed by atoms with Gasteiger partial charge in [0, 0.05) is 0 Å². The molecule has 0 amide bonds. The van der Waals surface area contributed by atoms with Gasteiger partial charge in [0.2, 0.25) is 0 Å². The molecule has 0 saturated heterocycles. The Hall–Kier alpha value is -0.260. The molecule has 0 aliphatic heterocycles. The molecule has 0 N–H and O–H groups in total. The smallest absolute Gasteiger partial charge is 0.0264 e. The van der Waals surface area contributed by atoms with Gasteiger partial charge in [-0.25, -0.2) is 0 Å². The lowest BCUT2D eigenvalue weighted by Crippen LogP contribution is -2.50. The predicted octanol–water partition coefficient (Wildman–Crippen LogP) is 5.83. The van der Waals surface area contributed by atoms with Crippen molar-refractivity contribution in [1.82, 2.24) is 0 Å². The van der Waals surface area contributed by atoms with Crippen LogP contribution < -0.4 is 0 Å². The molecule has 0 aromatic carbocycles. The molecule has 0 spiro atoms. The minimum Gasteiger partial charge on any atom is -0.100 e. The number of fused-ring (bicyclic) bond motifs is 1. The fourth-order valence-corrected chi connectivity index (χ4v) is 5.33. The Bertz CT molecular complexity index is 325. The van der Waals surface area contributed by atoms with Crippen molar-refractivity contribution in [1.29, 1.82) is 0 Å². The molecule has 2 aliphatic rings. The summed E-state index contributed by atoms with van der Waals surface area (Å²) in [6, 6.07) is 0. The summed E-state index contributed by atoms with van der Waals surface area (Å²) in [4.78, 5) is 0. The first-order valence-corrected chi connectivity index (χ1v) is 7.92. The largest absolute Gasteiger partial charge is 0.100 e. The lowest BCUT2D eigenvalue weighted by Gasteiger charge is -2.59. The van der Waals surface area contributed by atoms with Crippen molar-refractivity contribution in [2.45, 2.75) is 73.1 Å². The Morgan fingerprint density at radius 3 is 2.44 bits per heavy atom. The first kappa shape index (κ1) is 14.2. The maximum atomic E-state index is 4.14. The van der Waals surface area contributed by atoms with Crippen molar-refractivity contribution in [3.05, 3.63) is 12.2 Å². The highest BCUT2D eigenvalue weighted by molar-refractivity contribution is 5.04. The quantitative estimate of drug-likeness (QED) is 0.539. The molecule has 0 heterocycles. The van der Waals surface area contributed by atoms with Crippen molar-refractivity contribution in [3.63, 3.8) is 0 Å². The number of hydrogen-bond acceptors (Lipinski definition) is 0. The maximum Gasteiger partial charge on any atom is -0.0264 e. The van der Waals surface area contributed by atoms with Crippen LogP contribution in [0.1, 0.15) is 73.1 Å². The second kappa shape index (κ2) is 4.69. The Labute approximate surface area is 114 Å². The normalized spacial score (nSPS) is 43.3. The molecule has 2 saturated carbocycles. The van der Waals surface area contributed by atoms with Gasteiger partial charge in [-0.3, -0.25) is 0 Å². The highest BCUT2D eigenvalue weighted by Gasteiger charge is 2.52. The Morgan fingerprint density at radius 2 is 1.83 bits per heavy atom. The van der Waals surface area contributed by atoms with Crippen LogP contribution in [0.4, 0.5) is 0 Å². The molecule has 104 valence electrons. The van der Waals surface area contributed by atoms with Crippen molar-refractivity contribution in [2.24, 2.45) is 28.6 Å². The molecule has 18 heavy (non-hydrogen) atoms. The van der Waals surface area contributed by atoms with Crippen LogP contribution in [0.5, 0.6) is 0 Å². The van der Waals surface area contributed by atoms with E-state index in [0.717, 1.165) is 17.8 Å². The van der Waals surface area contributed by atoms with E-state index in [-0.39, 0.29) is 0 Å². The molecule has 2 rings (SSSR count).